The van der Waals surface area contributed by atoms with Crippen molar-refractivity contribution in [2.45, 2.75) is 44.1 Å². The molecule has 5 aliphatic rings. The lowest BCUT2D eigenvalue weighted by Gasteiger charge is -2.57. The number of benzene rings is 1. The summed E-state index contributed by atoms with van der Waals surface area (Å²) in [6.07, 6.45) is 9.35. The fourth-order valence-corrected chi connectivity index (χ4v) is 6.64. The average Bonchev–Trinajstić information content (AvgIpc) is 2.74. The van der Waals surface area contributed by atoms with Crippen LogP contribution in [0.5, 0.6) is 0 Å². The summed E-state index contributed by atoms with van der Waals surface area (Å²) in [5.41, 5.74) is 1.27. The molecule has 0 radical (unpaired) electrons. The van der Waals surface area contributed by atoms with Crippen LogP contribution in [0.15, 0.2) is 36.0 Å². The highest BCUT2D eigenvalue weighted by molar-refractivity contribution is 5.97. The number of piperazine rings is 1. The highest BCUT2D eigenvalue weighted by Crippen LogP contribution is 2.55. The molecule has 1 saturated heterocycles. The number of rotatable bonds is 4. The van der Waals surface area contributed by atoms with Crippen LogP contribution >= 0.6 is 0 Å². The summed E-state index contributed by atoms with van der Waals surface area (Å²) in [6, 6.07) is 8.58. The summed E-state index contributed by atoms with van der Waals surface area (Å²) in [6.45, 7) is 2.48. The summed E-state index contributed by atoms with van der Waals surface area (Å²) in [5, 5.41) is 13.2. The Hall–Kier alpha value is -2.55. The zero-order valence-electron chi connectivity index (χ0n) is 17.3. The summed E-state index contributed by atoms with van der Waals surface area (Å²) in [4.78, 5) is 16.9. The molecule has 158 valence electrons. The molecule has 1 aliphatic heterocycles. The van der Waals surface area contributed by atoms with E-state index in [0.717, 1.165) is 23.4 Å². The molecule has 5 fully saturated rings. The molecule has 4 aliphatic carbocycles. The summed E-state index contributed by atoms with van der Waals surface area (Å²) in [7, 11) is 0. The van der Waals surface area contributed by atoms with E-state index in [2.05, 4.69) is 16.3 Å². The number of nitrogens with one attached hydrogen (secondary N) is 1. The van der Waals surface area contributed by atoms with Crippen LogP contribution in [0.4, 0.5) is 10.1 Å². The van der Waals surface area contributed by atoms with Gasteiger partial charge in [0, 0.05) is 43.6 Å². The second-order valence-corrected chi connectivity index (χ2v) is 9.77. The first-order valence-corrected chi connectivity index (χ1v) is 11.2. The monoisotopic (exact) mass is 408 g/mol. The van der Waals surface area contributed by atoms with Gasteiger partial charge in [0.1, 0.15) is 17.5 Å². The number of amides is 1. The topological polar surface area (TPSA) is 59.4 Å². The SMILES string of the molecule is N#C/C(=C/NC12CC3CC(CC(C3)C1)C2)C(=O)N1CCN(c2ccc(F)cc2)CC1. The zero-order chi connectivity index (χ0) is 20.7. The van der Waals surface area contributed by atoms with Gasteiger partial charge in [-0.3, -0.25) is 4.79 Å². The van der Waals surface area contributed by atoms with Gasteiger partial charge in [0.25, 0.3) is 5.91 Å². The van der Waals surface area contributed by atoms with Gasteiger partial charge in [0.05, 0.1) is 0 Å². The van der Waals surface area contributed by atoms with E-state index in [1.165, 1.54) is 50.7 Å². The Morgan fingerprint density at radius 3 is 2.13 bits per heavy atom. The van der Waals surface area contributed by atoms with Crippen molar-refractivity contribution in [1.82, 2.24) is 10.2 Å². The second kappa shape index (κ2) is 7.61. The Kier molecular flexibility index (Phi) is 4.92. The van der Waals surface area contributed by atoms with Gasteiger partial charge in [-0.1, -0.05) is 0 Å². The van der Waals surface area contributed by atoms with E-state index in [1.54, 1.807) is 23.2 Å². The number of halogens is 1. The molecule has 6 heteroatoms. The smallest absolute Gasteiger partial charge is 0.266 e. The predicted octanol–water partition coefficient (Wildman–Crippen LogP) is 3.44. The molecule has 1 heterocycles. The van der Waals surface area contributed by atoms with E-state index in [0.29, 0.717) is 26.2 Å². The molecular formula is C24H29FN4O. The third kappa shape index (κ3) is 3.66. The van der Waals surface area contributed by atoms with Crippen LogP contribution in [0.3, 0.4) is 0 Å². The lowest BCUT2D eigenvalue weighted by atomic mass is 9.53. The summed E-state index contributed by atoms with van der Waals surface area (Å²) in [5.74, 6) is 2.02. The minimum atomic E-state index is -0.247. The molecule has 0 unspecified atom stereocenters. The Labute approximate surface area is 177 Å². The zero-order valence-corrected chi connectivity index (χ0v) is 17.3. The van der Waals surface area contributed by atoms with E-state index in [1.807, 2.05) is 0 Å². The van der Waals surface area contributed by atoms with Gasteiger partial charge in [-0.2, -0.15) is 5.26 Å². The Balaban J connectivity index is 1.21. The van der Waals surface area contributed by atoms with Crippen LogP contribution < -0.4 is 10.2 Å². The standard InChI is InChI=1S/C24H29FN4O/c25-21-1-3-22(4-2-21)28-5-7-29(8-6-28)23(30)20(15-26)16-27-24-12-17-9-18(13-24)11-19(10-17)14-24/h1-4,16-19,27H,5-14H2/b20-16-. The van der Waals surface area contributed by atoms with Crippen molar-refractivity contribution in [3.63, 3.8) is 0 Å². The van der Waals surface area contributed by atoms with Gasteiger partial charge in [-0.15, -0.1) is 0 Å². The van der Waals surface area contributed by atoms with E-state index in [4.69, 9.17) is 0 Å². The fraction of sp³-hybridized carbons (Fsp3) is 0.583. The largest absolute Gasteiger partial charge is 0.384 e. The number of nitriles is 1. The van der Waals surface area contributed by atoms with Gasteiger partial charge in [-0.05, 0) is 80.5 Å². The lowest BCUT2D eigenvalue weighted by molar-refractivity contribution is -0.127. The Morgan fingerprint density at radius 1 is 1.03 bits per heavy atom. The van der Waals surface area contributed by atoms with Gasteiger partial charge in [0.2, 0.25) is 0 Å². The van der Waals surface area contributed by atoms with Gasteiger partial charge < -0.3 is 15.1 Å². The van der Waals surface area contributed by atoms with Gasteiger partial charge >= 0.3 is 0 Å². The third-order valence-corrected chi connectivity index (χ3v) is 7.67. The molecule has 5 nitrogen and oxygen atoms in total. The lowest BCUT2D eigenvalue weighted by Crippen LogP contribution is -2.57. The number of carbonyl (C=O) groups excluding carboxylic acids is 1. The molecule has 6 rings (SSSR count). The highest BCUT2D eigenvalue weighted by atomic mass is 19.1. The summed E-state index contributed by atoms with van der Waals surface area (Å²) >= 11 is 0. The van der Waals surface area contributed by atoms with Crippen LogP contribution in [-0.4, -0.2) is 42.5 Å². The second-order valence-electron chi connectivity index (χ2n) is 9.77. The molecule has 1 N–H and O–H groups in total. The van der Waals surface area contributed by atoms with E-state index in [-0.39, 0.29) is 22.8 Å². The number of nitrogens with zero attached hydrogens (tertiary/aromatic N) is 3. The van der Waals surface area contributed by atoms with Crippen LogP contribution in [0, 0.1) is 34.9 Å². The first kappa shape index (κ1) is 19.4. The number of carbonyl (C=O) groups is 1. The van der Waals surface area contributed by atoms with Crippen molar-refractivity contribution in [3.8, 4) is 6.07 Å². The van der Waals surface area contributed by atoms with E-state index < -0.39 is 0 Å². The van der Waals surface area contributed by atoms with Crippen molar-refractivity contribution < 1.29 is 9.18 Å². The highest BCUT2D eigenvalue weighted by Gasteiger charge is 2.50. The molecule has 0 spiro atoms. The van der Waals surface area contributed by atoms with Gasteiger partial charge in [-0.25, -0.2) is 4.39 Å². The van der Waals surface area contributed by atoms with Crippen molar-refractivity contribution >= 4 is 11.6 Å². The maximum absolute atomic E-state index is 13.1. The molecule has 1 amide bonds. The molecule has 4 saturated carbocycles. The minimum absolute atomic E-state index is 0.0956. The Morgan fingerprint density at radius 2 is 1.60 bits per heavy atom. The average molecular weight is 409 g/mol. The number of anilines is 1. The first-order chi connectivity index (χ1) is 14.5. The molecular weight excluding hydrogens is 379 g/mol. The maximum Gasteiger partial charge on any atom is 0.266 e. The van der Waals surface area contributed by atoms with Crippen molar-refractivity contribution in [2.24, 2.45) is 17.8 Å². The first-order valence-electron chi connectivity index (χ1n) is 11.2. The third-order valence-electron chi connectivity index (χ3n) is 7.67. The van der Waals surface area contributed by atoms with Crippen LogP contribution in [-0.2, 0) is 4.79 Å². The molecule has 0 atom stereocenters. The Bertz CT molecular complexity index is 844. The van der Waals surface area contributed by atoms with Crippen molar-refractivity contribution in [3.05, 3.63) is 41.9 Å². The quantitative estimate of drug-likeness (QED) is 0.613. The molecule has 4 bridgehead atoms. The molecule has 1 aromatic rings. The van der Waals surface area contributed by atoms with Crippen molar-refractivity contribution in [2.75, 3.05) is 31.1 Å². The van der Waals surface area contributed by atoms with E-state index >= 15 is 0 Å². The normalized spacial score (nSPS) is 32.8. The number of hydrogen-bond donors (Lipinski definition) is 1. The fourth-order valence-electron chi connectivity index (χ4n) is 6.64. The minimum Gasteiger partial charge on any atom is -0.384 e. The molecule has 0 aromatic heterocycles. The molecule has 1 aromatic carbocycles. The van der Waals surface area contributed by atoms with Crippen molar-refractivity contribution in [1.29, 1.82) is 5.26 Å². The van der Waals surface area contributed by atoms with Crippen LogP contribution in [0.2, 0.25) is 0 Å². The predicted molar refractivity (Wildman–Crippen MR) is 113 cm³/mol. The van der Waals surface area contributed by atoms with Gasteiger partial charge in [0.15, 0.2) is 0 Å². The maximum atomic E-state index is 13.1. The summed E-state index contributed by atoms with van der Waals surface area (Å²) < 4.78 is 13.1. The van der Waals surface area contributed by atoms with Crippen LogP contribution in [0.1, 0.15) is 38.5 Å². The molecule has 30 heavy (non-hydrogen) atoms. The van der Waals surface area contributed by atoms with Crippen LogP contribution in [0.25, 0.3) is 0 Å². The number of hydrogen-bond acceptors (Lipinski definition) is 4. The van der Waals surface area contributed by atoms with E-state index in [9.17, 15) is 14.4 Å².